The van der Waals surface area contributed by atoms with E-state index >= 15 is 0 Å². The van der Waals surface area contributed by atoms with Crippen molar-refractivity contribution < 1.29 is 34.2 Å². The van der Waals surface area contributed by atoms with E-state index in [0.29, 0.717) is 6.42 Å². The van der Waals surface area contributed by atoms with Crippen LogP contribution in [0.1, 0.15) is 40.0 Å². The first kappa shape index (κ1) is 26.7. The zero-order chi connectivity index (χ0) is 22.7. The molecule has 0 spiro atoms. The standard InChI is InChI=1S/C17H30N4O7S/c1-4-8(2)13(21-15(25)10(18)7-29)16(26)19-9(3)14(24)20-11(17(27)28)5-6-12(22)23/h8-11,13,29H,4-7,18H2,1-3H3,(H,19,26)(H,20,24)(H,21,25)(H,22,23)(H,27,28). The van der Waals surface area contributed by atoms with Gasteiger partial charge in [0.05, 0.1) is 6.04 Å². The zero-order valence-electron chi connectivity index (χ0n) is 16.7. The number of carbonyl (C=O) groups is 5. The molecule has 0 aliphatic carbocycles. The van der Waals surface area contributed by atoms with Crippen LogP contribution in [-0.4, -0.2) is 69.8 Å². The second kappa shape index (κ2) is 13.0. The number of thiol groups is 1. The topological polar surface area (TPSA) is 188 Å². The second-order valence-electron chi connectivity index (χ2n) is 6.72. The van der Waals surface area contributed by atoms with Gasteiger partial charge in [-0.2, -0.15) is 12.6 Å². The van der Waals surface area contributed by atoms with Crippen molar-refractivity contribution in [2.24, 2.45) is 11.7 Å². The van der Waals surface area contributed by atoms with Gasteiger partial charge in [-0.3, -0.25) is 19.2 Å². The number of nitrogens with one attached hydrogen (secondary N) is 3. The first-order chi connectivity index (χ1) is 13.4. The van der Waals surface area contributed by atoms with Crippen molar-refractivity contribution in [1.82, 2.24) is 16.0 Å². The summed E-state index contributed by atoms with van der Waals surface area (Å²) in [5.74, 6) is -4.73. The van der Waals surface area contributed by atoms with Crippen LogP contribution in [0.3, 0.4) is 0 Å². The van der Waals surface area contributed by atoms with Crippen LogP contribution < -0.4 is 21.7 Å². The summed E-state index contributed by atoms with van der Waals surface area (Å²) in [6.07, 6.45) is -0.179. The number of carboxylic acid groups (broad SMARTS) is 2. The number of rotatable bonds is 13. The third-order valence-corrected chi connectivity index (χ3v) is 4.73. The van der Waals surface area contributed by atoms with Crippen LogP contribution in [-0.2, 0) is 24.0 Å². The highest BCUT2D eigenvalue weighted by Crippen LogP contribution is 2.09. The van der Waals surface area contributed by atoms with Gasteiger partial charge in [-0.15, -0.1) is 0 Å². The highest BCUT2D eigenvalue weighted by atomic mass is 32.1. The molecule has 0 rings (SSSR count). The van der Waals surface area contributed by atoms with Gasteiger partial charge in [-0.25, -0.2) is 4.79 Å². The molecule has 11 nitrogen and oxygen atoms in total. The number of nitrogens with two attached hydrogens (primary N) is 1. The van der Waals surface area contributed by atoms with E-state index in [1.54, 1.807) is 6.92 Å². The van der Waals surface area contributed by atoms with E-state index in [2.05, 4.69) is 28.6 Å². The van der Waals surface area contributed by atoms with Crippen LogP contribution in [0.5, 0.6) is 0 Å². The molecule has 0 saturated heterocycles. The van der Waals surface area contributed by atoms with Crippen LogP contribution in [0.2, 0.25) is 0 Å². The van der Waals surface area contributed by atoms with Gasteiger partial charge in [0.15, 0.2) is 0 Å². The average molecular weight is 435 g/mol. The van der Waals surface area contributed by atoms with Gasteiger partial charge in [0.25, 0.3) is 0 Å². The van der Waals surface area contributed by atoms with Gasteiger partial charge < -0.3 is 31.9 Å². The van der Waals surface area contributed by atoms with Gasteiger partial charge in [-0.1, -0.05) is 20.3 Å². The van der Waals surface area contributed by atoms with E-state index in [1.807, 2.05) is 6.92 Å². The molecule has 0 aromatic rings. The fourth-order valence-electron chi connectivity index (χ4n) is 2.24. The van der Waals surface area contributed by atoms with Crippen molar-refractivity contribution in [2.45, 2.75) is 64.2 Å². The molecule has 0 aromatic carbocycles. The lowest BCUT2D eigenvalue weighted by atomic mass is 9.97. The fraction of sp³-hybridized carbons (Fsp3) is 0.706. The average Bonchev–Trinajstić information content (AvgIpc) is 2.66. The van der Waals surface area contributed by atoms with Crippen LogP contribution in [0, 0.1) is 5.92 Å². The lowest BCUT2D eigenvalue weighted by Gasteiger charge is -2.26. The molecule has 0 heterocycles. The largest absolute Gasteiger partial charge is 0.481 e. The second-order valence-corrected chi connectivity index (χ2v) is 7.09. The van der Waals surface area contributed by atoms with Gasteiger partial charge in [-0.05, 0) is 19.3 Å². The Morgan fingerprint density at radius 1 is 0.966 bits per heavy atom. The molecule has 12 heteroatoms. The third kappa shape index (κ3) is 9.61. The first-order valence-corrected chi connectivity index (χ1v) is 9.79. The summed E-state index contributed by atoms with van der Waals surface area (Å²) in [6, 6.07) is -4.37. The molecular weight excluding hydrogens is 404 g/mol. The fourth-order valence-corrected chi connectivity index (χ4v) is 2.40. The maximum atomic E-state index is 12.6. The number of aliphatic carboxylic acids is 2. The minimum atomic E-state index is -1.41. The highest BCUT2D eigenvalue weighted by Gasteiger charge is 2.30. The van der Waals surface area contributed by atoms with Crippen molar-refractivity contribution >= 4 is 42.3 Å². The molecule has 0 fully saturated rings. The molecule has 5 unspecified atom stereocenters. The Balaban J connectivity index is 5.05. The number of carbonyl (C=O) groups excluding carboxylic acids is 3. The van der Waals surface area contributed by atoms with Crippen LogP contribution >= 0.6 is 12.6 Å². The van der Waals surface area contributed by atoms with Crippen molar-refractivity contribution in [3.05, 3.63) is 0 Å². The SMILES string of the molecule is CCC(C)C(NC(=O)C(N)CS)C(=O)NC(C)C(=O)NC(CCC(=O)O)C(=O)O. The summed E-state index contributed by atoms with van der Waals surface area (Å²) in [6.45, 7) is 4.91. The molecule has 0 aliphatic rings. The van der Waals surface area contributed by atoms with Crippen molar-refractivity contribution in [3.8, 4) is 0 Å². The van der Waals surface area contributed by atoms with E-state index in [-0.39, 0.29) is 18.1 Å². The maximum absolute atomic E-state index is 12.6. The molecule has 5 atom stereocenters. The molecule has 0 radical (unpaired) electrons. The van der Waals surface area contributed by atoms with E-state index < -0.39 is 60.2 Å². The molecule has 166 valence electrons. The third-order valence-electron chi connectivity index (χ3n) is 4.34. The van der Waals surface area contributed by atoms with E-state index in [0.717, 1.165) is 0 Å². The number of hydrogen-bond donors (Lipinski definition) is 7. The zero-order valence-corrected chi connectivity index (χ0v) is 17.6. The van der Waals surface area contributed by atoms with Crippen LogP contribution in [0.25, 0.3) is 0 Å². The quantitative estimate of drug-likeness (QED) is 0.174. The number of amides is 3. The predicted octanol–water partition coefficient (Wildman–Crippen LogP) is -1.29. The molecule has 0 saturated carbocycles. The van der Waals surface area contributed by atoms with Gasteiger partial charge in [0.2, 0.25) is 17.7 Å². The van der Waals surface area contributed by atoms with Gasteiger partial charge in [0, 0.05) is 12.2 Å². The van der Waals surface area contributed by atoms with Crippen molar-refractivity contribution in [3.63, 3.8) is 0 Å². The summed E-state index contributed by atoms with van der Waals surface area (Å²) in [5.41, 5.74) is 5.61. The Hall–Kier alpha value is -2.34. The summed E-state index contributed by atoms with van der Waals surface area (Å²) in [5, 5.41) is 24.9. The van der Waals surface area contributed by atoms with E-state index in [4.69, 9.17) is 15.9 Å². The van der Waals surface area contributed by atoms with E-state index in [9.17, 15) is 24.0 Å². The Bertz CT molecular complexity index is 617. The summed E-state index contributed by atoms with van der Waals surface area (Å²) >= 11 is 3.94. The van der Waals surface area contributed by atoms with Crippen molar-refractivity contribution in [1.29, 1.82) is 0 Å². The molecule has 0 aromatic heterocycles. The Morgan fingerprint density at radius 3 is 2.00 bits per heavy atom. The van der Waals surface area contributed by atoms with Crippen LogP contribution in [0.15, 0.2) is 0 Å². The maximum Gasteiger partial charge on any atom is 0.326 e. The Morgan fingerprint density at radius 2 is 1.55 bits per heavy atom. The Labute approximate surface area is 174 Å². The minimum Gasteiger partial charge on any atom is -0.481 e. The number of carboxylic acids is 2. The molecule has 7 N–H and O–H groups in total. The normalized spacial score (nSPS) is 15.9. The highest BCUT2D eigenvalue weighted by molar-refractivity contribution is 7.80. The lowest BCUT2D eigenvalue weighted by molar-refractivity contribution is -0.143. The summed E-state index contributed by atoms with van der Waals surface area (Å²) < 4.78 is 0. The molecule has 3 amide bonds. The molecule has 0 aliphatic heterocycles. The smallest absolute Gasteiger partial charge is 0.326 e. The monoisotopic (exact) mass is 434 g/mol. The number of hydrogen-bond acceptors (Lipinski definition) is 7. The molecular formula is C17H30N4O7S. The van der Waals surface area contributed by atoms with Gasteiger partial charge in [0.1, 0.15) is 18.1 Å². The van der Waals surface area contributed by atoms with Gasteiger partial charge >= 0.3 is 11.9 Å². The van der Waals surface area contributed by atoms with Crippen LogP contribution in [0.4, 0.5) is 0 Å². The predicted molar refractivity (Wildman–Crippen MR) is 107 cm³/mol. The summed E-state index contributed by atoms with van der Waals surface area (Å²) in [4.78, 5) is 58.6. The lowest BCUT2D eigenvalue weighted by Crippen LogP contribution is -2.58. The van der Waals surface area contributed by atoms with E-state index in [1.165, 1.54) is 6.92 Å². The van der Waals surface area contributed by atoms with Crippen molar-refractivity contribution in [2.75, 3.05) is 5.75 Å². The molecule has 0 bridgehead atoms. The first-order valence-electron chi connectivity index (χ1n) is 9.16. The molecule has 29 heavy (non-hydrogen) atoms. The minimum absolute atomic E-state index is 0.0897. The summed E-state index contributed by atoms with van der Waals surface area (Å²) in [7, 11) is 0. The Kier molecular flexibility index (Phi) is 11.9.